The molecule has 19 heavy (non-hydrogen) atoms. The lowest BCUT2D eigenvalue weighted by Gasteiger charge is -2.08. The lowest BCUT2D eigenvalue weighted by atomic mass is 10.3. The highest BCUT2D eigenvalue weighted by atomic mass is 35.5. The normalized spacial score (nSPS) is 10.7. The van der Waals surface area contributed by atoms with Gasteiger partial charge in [-0.25, -0.2) is 4.39 Å². The molecule has 2 aromatic rings. The van der Waals surface area contributed by atoms with Crippen molar-refractivity contribution >= 4 is 29.3 Å². The number of benzene rings is 1. The number of hydrogen-bond acceptors (Lipinski definition) is 4. The van der Waals surface area contributed by atoms with Crippen molar-refractivity contribution in [3.05, 3.63) is 34.9 Å². The highest BCUT2D eigenvalue weighted by Crippen LogP contribution is 2.24. The summed E-state index contributed by atoms with van der Waals surface area (Å²) in [7, 11) is 0. The van der Waals surface area contributed by atoms with Crippen LogP contribution in [-0.4, -0.2) is 31.6 Å². The molecular weight excluding hydrogens is 293 g/mol. The summed E-state index contributed by atoms with van der Waals surface area (Å²) in [5.74, 6) is -1.07. The van der Waals surface area contributed by atoms with E-state index in [1.54, 1.807) is 17.6 Å². The summed E-state index contributed by atoms with van der Waals surface area (Å²) in [5, 5.41) is 17.0. The van der Waals surface area contributed by atoms with Crippen molar-refractivity contribution in [1.82, 2.24) is 14.8 Å². The van der Waals surface area contributed by atoms with Gasteiger partial charge in [0, 0.05) is 5.02 Å². The van der Waals surface area contributed by atoms with Gasteiger partial charge in [0.1, 0.15) is 11.6 Å². The zero-order chi connectivity index (χ0) is 14.0. The summed E-state index contributed by atoms with van der Waals surface area (Å²) in [6, 6.07) is 4.04. The fourth-order valence-electron chi connectivity index (χ4n) is 1.53. The molecule has 0 aliphatic heterocycles. The van der Waals surface area contributed by atoms with Crippen LogP contribution in [0.15, 0.2) is 23.4 Å². The zero-order valence-electron chi connectivity index (χ0n) is 9.80. The van der Waals surface area contributed by atoms with Crippen LogP contribution in [0.3, 0.4) is 0 Å². The number of carbonyl (C=O) groups is 1. The van der Waals surface area contributed by atoms with Gasteiger partial charge < -0.3 is 5.11 Å². The molecule has 0 spiro atoms. The Morgan fingerprint density at radius 3 is 2.84 bits per heavy atom. The van der Waals surface area contributed by atoms with E-state index >= 15 is 0 Å². The average Bonchev–Trinajstić information content (AvgIpc) is 2.66. The molecule has 0 aliphatic carbocycles. The second-order valence-corrected chi connectivity index (χ2v) is 5.05. The molecule has 0 fully saturated rings. The third kappa shape index (κ3) is 3.24. The van der Waals surface area contributed by atoms with E-state index < -0.39 is 11.8 Å². The number of nitrogens with zero attached hydrogens (tertiary/aromatic N) is 3. The Bertz CT molecular complexity index is 612. The van der Waals surface area contributed by atoms with Crippen molar-refractivity contribution in [2.75, 3.05) is 5.75 Å². The van der Waals surface area contributed by atoms with Crippen molar-refractivity contribution in [2.45, 2.75) is 12.1 Å². The molecular formula is C11H9ClFN3O2S. The summed E-state index contributed by atoms with van der Waals surface area (Å²) in [6.07, 6.45) is 0. The average molecular weight is 302 g/mol. The molecule has 100 valence electrons. The number of aryl methyl sites for hydroxylation is 1. The van der Waals surface area contributed by atoms with E-state index in [0.29, 0.717) is 16.7 Å². The number of thioether (sulfide) groups is 1. The van der Waals surface area contributed by atoms with Crippen molar-refractivity contribution in [3.63, 3.8) is 0 Å². The first-order valence-electron chi connectivity index (χ1n) is 5.20. The molecule has 0 unspecified atom stereocenters. The summed E-state index contributed by atoms with van der Waals surface area (Å²) in [4.78, 5) is 10.6. The van der Waals surface area contributed by atoms with Crippen LogP contribution in [0.2, 0.25) is 5.02 Å². The minimum absolute atomic E-state index is 0.152. The largest absolute Gasteiger partial charge is 0.481 e. The molecule has 8 heteroatoms. The van der Waals surface area contributed by atoms with Crippen LogP contribution < -0.4 is 0 Å². The quantitative estimate of drug-likeness (QED) is 0.879. The molecule has 0 amide bonds. The first-order valence-corrected chi connectivity index (χ1v) is 6.57. The van der Waals surface area contributed by atoms with E-state index in [1.165, 1.54) is 12.1 Å². The van der Waals surface area contributed by atoms with Crippen LogP contribution in [-0.2, 0) is 4.79 Å². The first kappa shape index (κ1) is 13.8. The maximum absolute atomic E-state index is 13.4. The van der Waals surface area contributed by atoms with Gasteiger partial charge in [0.05, 0.1) is 11.4 Å². The number of hydrogen-bond donors (Lipinski definition) is 1. The van der Waals surface area contributed by atoms with Crippen molar-refractivity contribution < 1.29 is 14.3 Å². The van der Waals surface area contributed by atoms with E-state index in [4.69, 9.17) is 16.7 Å². The number of aliphatic carboxylic acids is 1. The molecule has 1 aromatic carbocycles. The monoisotopic (exact) mass is 301 g/mol. The van der Waals surface area contributed by atoms with Crippen molar-refractivity contribution in [1.29, 1.82) is 0 Å². The van der Waals surface area contributed by atoms with Gasteiger partial charge in [0.25, 0.3) is 0 Å². The minimum Gasteiger partial charge on any atom is -0.481 e. The number of carboxylic acids is 1. The molecule has 1 N–H and O–H groups in total. The molecule has 0 atom stereocenters. The van der Waals surface area contributed by atoms with Gasteiger partial charge in [-0.2, -0.15) is 0 Å². The van der Waals surface area contributed by atoms with Crippen LogP contribution in [0.4, 0.5) is 4.39 Å². The Kier molecular flexibility index (Phi) is 4.06. The summed E-state index contributed by atoms with van der Waals surface area (Å²) < 4.78 is 14.9. The number of aromatic nitrogens is 3. The number of halogens is 2. The van der Waals surface area contributed by atoms with Crippen LogP contribution >= 0.6 is 23.4 Å². The SMILES string of the molecule is Cc1nnc(SCC(=O)O)n1-c1cc(F)cc(Cl)c1. The third-order valence-electron chi connectivity index (χ3n) is 2.23. The van der Waals surface area contributed by atoms with Gasteiger partial charge in [-0.15, -0.1) is 10.2 Å². The van der Waals surface area contributed by atoms with E-state index in [-0.39, 0.29) is 10.8 Å². The first-order chi connectivity index (χ1) is 8.97. The lowest BCUT2D eigenvalue weighted by Crippen LogP contribution is -2.03. The van der Waals surface area contributed by atoms with Gasteiger partial charge in [-0.3, -0.25) is 9.36 Å². The van der Waals surface area contributed by atoms with E-state index in [0.717, 1.165) is 11.8 Å². The van der Waals surface area contributed by atoms with Gasteiger partial charge in [0.15, 0.2) is 5.16 Å². The van der Waals surface area contributed by atoms with Gasteiger partial charge in [0.2, 0.25) is 0 Å². The van der Waals surface area contributed by atoms with E-state index in [9.17, 15) is 9.18 Å². The van der Waals surface area contributed by atoms with Crippen molar-refractivity contribution in [3.8, 4) is 5.69 Å². The molecule has 0 radical (unpaired) electrons. The molecule has 1 aromatic heterocycles. The Balaban J connectivity index is 2.43. The summed E-state index contributed by atoms with van der Waals surface area (Å²) >= 11 is 6.81. The van der Waals surface area contributed by atoms with E-state index in [1.807, 2.05) is 0 Å². The van der Waals surface area contributed by atoms with Crippen LogP contribution in [0.1, 0.15) is 5.82 Å². The molecule has 0 aliphatic rings. The van der Waals surface area contributed by atoms with Crippen molar-refractivity contribution in [2.24, 2.45) is 0 Å². The van der Waals surface area contributed by atoms with Crippen LogP contribution in [0.25, 0.3) is 5.69 Å². The Labute approximate surface area is 117 Å². The van der Waals surface area contributed by atoms with Crippen LogP contribution in [0, 0.1) is 12.7 Å². The van der Waals surface area contributed by atoms with E-state index in [2.05, 4.69) is 10.2 Å². The maximum Gasteiger partial charge on any atom is 0.313 e. The Morgan fingerprint density at radius 1 is 1.47 bits per heavy atom. The number of rotatable bonds is 4. The lowest BCUT2D eigenvalue weighted by molar-refractivity contribution is -0.133. The highest BCUT2D eigenvalue weighted by molar-refractivity contribution is 7.99. The second-order valence-electron chi connectivity index (χ2n) is 3.68. The van der Waals surface area contributed by atoms with Gasteiger partial charge >= 0.3 is 5.97 Å². The van der Waals surface area contributed by atoms with Gasteiger partial charge in [-0.1, -0.05) is 23.4 Å². The minimum atomic E-state index is -0.963. The molecule has 2 rings (SSSR count). The Morgan fingerprint density at radius 2 is 2.21 bits per heavy atom. The third-order valence-corrected chi connectivity index (χ3v) is 3.36. The predicted octanol–water partition coefficient (Wildman–Crippen LogP) is 2.54. The predicted molar refractivity (Wildman–Crippen MR) is 69.4 cm³/mol. The second kappa shape index (κ2) is 5.58. The van der Waals surface area contributed by atoms with Crippen LogP contribution in [0.5, 0.6) is 0 Å². The molecule has 0 saturated heterocycles. The molecule has 5 nitrogen and oxygen atoms in total. The fourth-order valence-corrected chi connectivity index (χ4v) is 2.46. The zero-order valence-corrected chi connectivity index (χ0v) is 11.4. The number of carboxylic acid groups (broad SMARTS) is 1. The molecule has 0 saturated carbocycles. The standard InChI is InChI=1S/C11H9ClFN3O2S/c1-6-14-15-11(19-5-10(17)18)16(6)9-3-7(12)2-8(13)4-9/h2-4H,5H2,1H3,(H,17,18). The molecule has 0 bridgehead atoms. The fraction of sp³-hybridized carbons (Fsp3) is 0.182. The topological polar surface area (TPSA) is 68.0 Å². The highest BCUT2D eigenvalue weighted by Gasteiger charge is 2.14. The molecule has 1 heterocycles. The summed E-state index contributed by atoms with van der Waals surface area (Å²) in [6.45, 7) is 1.69. The van der Waals surface area contributed by atoms with Gasteiger partial charge in [-0.05, 0) is 25.1 Å². The summed E-state index contributed by atoms with van der Waals surface area (Å²) in [5.41, 5.74) is 0.459. The Hall–Kier alpha value is -1.60. The maximum atomic E-state index is 13.4. The smallest absolute Gasteiger partial charge is 0.313 e.